The minimum atomic E-state index is -1.54. The van der Waals surface area contributed by atoms with Gasteiger partial charge in [0, 0.05) is 11.1 Å². The van der Waals surface area contributed by atoms with Gasteiger partial charge >= 0.3 is 0 Å². The lowest BCUT2D eigenvalue weighted by molar-refractivity contribution is 0.508. The van der Waals surface area contributed by atoms with E-state index >= 15 is 0 Å². The van der Waals surface area contributed by atoms with Crippen LogP contribution in [0.25, 0.3) is 6.08 Å². The molecule has 0 saturated carbocycles. The zero-order valence-corrected chi connectivity index (χ0v) is 13.5. The lowest BCUT2D eigenvalue weighted by Gasteiger charge is -2.38. The fourth-order valence-corrected chi connectivity index (χ4v) is 7.82. The van der Waals surface area contributed by atoms with E-state index in [0.717, 1.165) is 0 Å². The number of fused-ring (bicyclic) bond motifs is 1. The average Bonchev–Trinajstić information content (AvgIpc) is 2.49. The van der Waals surface area contributed by atoms with Crippen molar-refractivity contribution in [2.24, 2.45) is 0 Å². The van der Waals surface area contributed by atoms with Crippen LogP contribution in [0.4, 0.5) is 0 Å². The molecule has 1 N–H and O–H groups in total. The number of benzene rings is 1. The third-order valence-electron chi connectivity index (χ3n) is 3.56. The van der Waals surface area contributed by atoms with E-state index in [1.807, 2.05) is 0 Å². The zero-order valence-electron chi connectivity index (χ0n) is 12.5. The van der Waals surface area contributed by atoms with E-state index < -0.39 is 8.24 Å². The Morgan fingerprint density at radius 1 is 1.11 bits per heavy atom. The molecule has 2 rings (SSSR count). The molecular weight excluding hydrogens is 234 g/mol. The van der Waals surface area contributed by atoms with Crippen molar-refractivity contribution < 1.29 is 0 Å². The topological polar surface area (TPSA) is 12.0 Å². The molecule has 0 bridgehead atoms. The quantitative estimate of drug-likeness (QED) is 0.780. The highest BCUT2D eigenvalue weighted by Crippen LogP contribution is 2.41. The summed E-state index contributed by atoms with van der Waals surface area (Å²) in [4.78, 5) is 3.91. The molecule has 0 aliphatic heterocycles. The molecular formula is C16H25NSi. The Hall–Kier alpha value is -0.863. The molecule has 0 radical (unpaired) electrons. The lowest BCUT2D eigenvalue weighted by atomic mass is 10.1. The maximum Gasteiger partial charge on any atom is 0.131 e. The Bertz CT molecular complexity index is 480. The SMILES string of the molecule is CC1=Cc2ccccc2C1[Si](C)(C)NC(C)(C)C. The summed E-state index contributed by atoms with van der Waals surface area (Å²) in [6.45, 7) is 14.0. The van der Waals surface area contributed by atoms with Gasteiger partial charge in [-0.1, -0.05) is 49.0 Å². The summed E-state index contributed by atoms with van der Waals surface area (Å²) in [7, 11) is -1.54. The highest BCUT2D eigenvalue weighted by atomic mass is 28.3. The van der Waals surface area contributed by atoms with Crippen LogP contribution in [0.3, 0.4) is 0 Å². The monoisotopic (exact) mass is 259 g/mol. The molecule has 0 aromatic heterocycles. The summed E-state index contributed by atoms with van der Waals surface area (Å²) < 4.78 is 0. The molecule has 0 spiro atoms. The van der Waals surface area contributed by atoms with E-state index in [1.165, 1.54) is 16.7 Å². The number of rotatable bonds is 2. The summed E-state index contributed by atoms with van der Waals surface area (Å²) in [6.07, 6.45) is 2.36. The van der Waals surface area contributed by atoms with Crippen LogP contribution < -0.4 is 4.98 Å². The third-order valence-corrected chi connectivity index (χ3v) is 7.17. The predicted octanol–water partition coefficient (Wildman–Crippen LogP) is 4.32. The van der Waals surface area contributed by atoms with Crippen molar-refractivity contribution in [1.82, 2.24) is 4.98 Å². The smallest absolute Gasteiger partial charge is 0.131 e. The first-order chi connectivity index (χ1) is 8.21. The second-order valence-corrected chi connectivity index (χ2v) is 11.3. The lowest BCUT2D eigenvalue weighted by Crippen LogP contribution is -2.58. The van der Waals surface area contributed by atoms with Gasteiger partial charge in [0.05, 0.1) is 0 Å². The predicted molar refractivity (Wildman–Crippen MR) is 83.2 cm³/mol. The van der Waals surface area contributed by atoms with Crippen LogP contribution in [0.5, 0.6) is 0 Å². The fraction of sp³-hybridized carbons (Fsp3) is 0.500. The summed E-state index contributed by atoms with van der Waals surface area (Å²) in [6, 6.07) is 8.84. The van der Waals surface area contributed by atoms with Crippen LogP contribution in [0.1, 0.15) is 44.4 Å². The molecule has 2 heteroatoms. The van der Waals surface area contributed by atoms with Crippen LogP contribution in [0, 0.1) is 0 Å². The minimum absolute atomic E-state index is 0.188. The summed E-state index contributed by atoms with van der Waals surface area (Å²) in [5.41, 5.74) is 5.24. The maximum absolute atomic E-state index is 3.91. The summed E-state index contributed by atoms with van der Waals surface area (Å²) in [5.74, 6) is 0. The van der Waals surface area contributed by atoms with Crippen LogP contribution in [-0.4, -0.2) is 13.8 Å². The van der Waals surface area contributed by atoms with Crippen LogP contribution in [-0.2, 0) is 0 Å². The molecule has 0 saturated heterocycles. The van der Waals surface area contributed by atoms with Crippen molar-refractivity contribution in [3.8, 4) is 0 Å². The van der Waals surface area contributed by atoms with Crippen LogP contribution in [0.15, 0.2) is 29.8 Å². The first kappa shape index (κ1) is 13.6. The van der Waals surface area contributed by atoms with Gasteiger partial charge in [-0.2, -0.15) is 0 Å². The zero-order chi connectivity index (χ0) is 13.6. The third kappa shape index (κ3) is 2.60. The number of nitrogens with one attached hydrogen (secondary N) is 1. The van der Waals surface area contributed by atoms with Crippen LogP contribution >= 0.6 is 0 Å². The van der Waals surface area contributed by atoms with E-state index in [4.69, 9.17) is 0 Å². The van der Waals surface area contributed by atoms with Gasteiger partial charge in [-0.15, -0.1) is 0 Å². The number of allylic oxidation sites excluding steroid dienone is 1. The van der Waals surface area contributed by atoms with Gasteiger partial charge < -0.3 is 4.98 Å². The molecule has 98 valence electrons. The Balaban J connectivity index is 2.37. The molecule has 1 nitrogen and oxygen atoms in total. The van der Waals surface area contributed by atoms with Gasteiger partial charge in [0.15, 0.2) is 0 Å². The van der Waals surface area contributed by atoms with Gasteiger partial charge in [-0.05, 0) is 38.8 Å². The molecule has 1 aromatic rings. The number of hydrogen-bond acceptors (Lipinski definition) is 1. The molecule has 1 aromatic carbocycles. The molecule has 0 heterocycles. The van der Waals surface area contributed by atoms with E-state index in [-0.39, 0.29) is 5.54 Å². The van der Waals surface area contributed by atoms with Crippen molar-refractivity contribution in [2.45, 2.75) is 51.9 Å². The largest absolute Gasteiger partial charge is 0.332 e. The Morgan fingerprint density at radius 2 is 1.72 bits per heavy atom. The van der Waals surface area contributed by atoms with E-state index in [1.54, 1.807) is 0 Å². The van der Waals surface area contributed by atoms with Gasteiger partial charge in [0.1, 0.15) is 8.24 Å². The fourth-order valence-electron chi connectivity index (χ4n) is 3.48. The Labute approximate surface area is 112 Å². The summed E-state index contributed by atoms with van der Waals surface area (Å²) >= 11 is 0. The first-order valence-corrected chi connectivity index (χ1v) is 9.85. The van der Waals surface area contributed by atoms with Gasteiger partial charge in [-0.3, -0.25) is 0 Å². The second-order valence-electron chi connectivity index (χ2n) is 7.05. The van der Waals surface area contributed by atoms with Crippen molar-refractivity contribution in [2.75, 3.05) is 0 Å². The normalized spacial score (nSPS) is 19.7. The van der Waals surface area contributed by atoms with Crippen LogP contribution in [0.2, 0.25) is 13.1 Å². The van der Waals surface area contributed by atoms with E-state index in [0.29, 0.717) is 5.54 Å². The molecule has 0 amide bonds. The first-order valence-electron chi connectivity index (χ1n) is 6.77. The Kier molecular flexibility index (Phi) is 3.28. The Morgan fingerprint density at radius 3 is 2.33 bits per heavy atom. The molecule has 18 heavy (non-hydrogen) atoms. The van der Waals surface area contributed by atoms with E-state index in [2.05, 4.69) is 76.1 Å². The highest BCUT2D eigenvalue weighted by molar-refractivity contribution is 6.77. The minimum Gasteiger partial charge on any atom is -0.332 e. The van der Waals surface area contributed by atoms with Crippen molar-refractivity contribution in [3.05, 3.63) is 41.0 Å². The van der Waals surface area contributed by atoms with Gasteiger partial charge in [0.2, 0.25) is 0 Å². The average molecular weight is 259 g/mol. The van der Waals surface area contributed by atoms with E-state index in [9.17, 15) is 0 Å². The maximum atomic E-state index is 3.91. The highest BCUT2D eigenvalue weighted by Gasteiger charge is 2.39. The molecule has 1 aliphatic rings. The second kappa shape index (κ2) is 4.36. The molecule has 1 unspecified atom stereocenters. The molecule has 0 fully saturated rings. The van der Waals surface area contributed by atoms with Gasteiger partial charge in [0.25, 0.3) is 0 Å². The molecule has 1 aliphatic carbocycles. The van der Waals surface area contributed by atoms with Gasteiger partial charge in [-0.25, -0.2) is 0 Å². The number of hydrogen-bond donors (Lipinski definition) is 1. The molecule has 1 atom stereocenters. The summed E-state index contributed by atoms with van der Waals surface area (Å²) in [5, 5.41) is 0. The van der Waals surface area contributed by atoms with Crippen molar-refractivity contribution in [3.63, 3.8) is 0 Å². The van der Waals surface area contributed by atoms with Crippen molar-refractivity contribution >= 4 is 14.3 Å². The van der Waals surface area contributed by atoms with Crippen molar-refractivity contribution in [1.29, 1.82) is 0 Å². The standard InChI is InChI=1S/C16H25NSi/c1-12-11-13-9-7-8-10-14(13)15(12)18(5,6)17-16(2,3)4/h7-11,15,17H,1-6H3.